The van der Waals surface area contributed by atoms with Crippen LogP contribution in [0.15, 0.2) is 12.7 Å². The van der Waals surface area contributed by atoms with Crippen LogP contribution < -0.4 is 5.32 Å². The molecule has 4 N–H and O–H groups in total. The molecule has 0 aromatic rings. The number of carboxylic acids is 1. The van der Waals surface area contributed by atoms with Crippen molar-refractivity contribution in [3.05, 3.63) is 12.7 Å². The van der Waals surface area contributed by atoms with E-state index in [0.29, 0.717) is 0 Å². The molecule has 0 aliphatic heterocycles. The first-order valence-electron chi connectivity index (χ1n) is 4.09. The fraction of sp³-hybridized carbons (Fsp3) is 0.500. The summed E-state index contributed by atoms with van der Waals surface area (Å²) in [7, 11) is 0. The van der Waals surface area contributed by atoms with E-state index in [1.54, 1.807) is 0 Å². The number of rotatable bonds is 6. The van der Waals surface area contributed by atoms with E-state index in [4.69, 9.17) is 15.3 Å². The van der Waals surface area contributed by atoms with Gasteiger partial charge in [0.15, 0.2) is 6.10 Å². The summed E-state index contributed by atoms with van der Waals surface area (Å²) in [5.41, 5.74) is 0. The molecule has 0 aliphatic carbocycles. The molecule has 2 atom stereocenters. The molecule has 0 aromatic carbocycles. The van der Waals surface area contributed by atoms with Gasteiger partial charge in [-0.15, -0.1) is 0 Å². The summed E-state index contributed by atoms with van der Waals surface area (Å²) in [6.07, 6.45) is -3.00. The average Bonchev–Trinajstić information content (AvgIpc) is 2.21. The van der Waals surface area contributed by atoms with Gasteiger partial charge in [0.05, 0.1) is 0 Å². The van der Waals surface area contributed by atoms with Crippen LogP contribution in [0.5, 0.6) is 0 Å². The number of aliphatic hydroxyl groups is 2. The van der Waals surface area contributed by atoms with Gasteiger partial charge in [-0.05, 0) is 0 Å². The van der Waals surface area contributed by atoms with E-state index in [-0.39, 0.29) is 6.61 Å². The zero-order valence-electron chi connectivity index (χ0n) is 7.92. The SMILES string of the molecule is C=CCOC(=O)NC[C@H](O)[C@H](O)C(=O)O. The Balaban J connectivity index is 3.79. The molecule has 0 bridgehead atoms. The Kier molecular flexibility index (Phi) is 6.07. The predicted octanol–water partition coefficient (Wildman–Crippen LogP) is -1.29. The molecule has 0 spiro atoms. The number of hydrogen-bond acceptors (Lipinski definition) is 5. The van der Waals surface area contributed by atoms with Gasteiger partial charge >= 0.3 is 12.1 Å². The van der Waals surface area contributed by atoms with Gasteiger partial charge in [0.1, 0.15) is 12.7 Å². The van der Waals surface area contributed by atoms with Crippen LogP contribution in [0.25, 0.3) is 0 Å². The summed E-state index contributed by atoms with van der Waals surface area (Å²) in [5, 5.41) is 28.2. The second-order valence-corrected chi connectivity index (χ2v) is 2.62. The normalized spacial score (nSPS) is 13.7. The monoisotopic (exact) mass is 219 g/mol. The van der Waals surface area contributed by atoms with Crippen molar-refractivity contribution < 1.29 is 29.6 Å². The largest absolute Gasteiger partial charge is 0.479 e. The van der Waals surface area contributed by atoms with E-state index in [1.807, 2.05) is 0 Å². The van der Waals surface area contributed by atoms with Crippen molar-refractivity contribution in [1.29, 1.82) is 0 Å². The number of alkyl carbamates (subject to hydrolysis) is 1. The van der Waals surface area contributed by atoms with Gasteiger partial charge in [-0.1, -0.05) is 12.7 Å². The maximum absolute atomic E-state index is 10.8. The van der Waals surface area contributed by atoms with E-state index < -0.39 is 30.8 Å². The lowest BCUT2D eigenvalue weighted by molar-refractivity contribution is -0.152. The topological polar surface area (TPSA) is 116 Å². The molecule has 0 saturated carbocycles. The molecule has 0 fully saturated rings. The zero-order valence-corrected chi connectivity index (χ0v) is 7.92. The number of carbonyl (C=O) groups is 2. The van der Waals surface area contributed by atoms with Crippen LogP contribution in [-0.4, -0.2) is 52.7 Å². The smallest absolute Gasteiger partial charge is 0.407 e. The summed E-state index contributed by atoms with van der Waals surface area (Å²) in [4.78, 5) is 21.0. The molecular formula is C8H13NO6. The lowest BCUT2D eigenvalue weighted by Gasteiger charge is -2.14. The standard InChI is InChI=1S/C8H13NO6/c1-2-3-15-8(14)9-4-5(10)6(11)7(12)13/h2,5-6,10-11H,1,3-4H2,(H,9,14)(H,12,13)/t5-,6-/m0/s1. The molecule has 0 heterocycles. The van der Waals surface area contributed by atoms with Crippen molar-refractivity contribution in [3.63, 3.8) is 0 Å². The Morgan fingerprint density at radius 2 is 2.07 bits per heavy atom. The van der Waals surface area contributed by atoms with E-state index in [2.05, 4.69) is 16.6 Å². The van der Waals surface area contributed by atoms with Crippen LogP contribution in [-0.2, 0) is 9.53 Å². The number of nitrogens with one attached hydrogen (secondary N) is 1. The Labute approximate surface area is 86.0 Å². The number of carbonyl (C=O) groups excluding carboxylic acids is 1. The lowest BCUT2D eigenvalue weighted by atomic mass is 10.2. The van der Waals surface area contributed by atoms with Crippen molar-refractivity contribution in [2.24, 2.45) is 0 Å². The number of aliphatic hydroxyl groups excluding tert-OH is 2. The molecule has 15 heavy (non-hydrogen) atoms. The molecule has 1 amide bonds. The Morgan fingerprint density at radius 3 is 2.53 bits per heavy atom. The summed E-state index contributed by atoms with van der Waals surface area (Å²) >= 11 is 0. The van der Waals surface area contributed by atoms with Crippen molar-refractivity contribution in [3.8, 4) is 0 Å². The first-order valence-corrected chi connectivity index (χ1v) is 4.09. The molecule has 86 valence electrons. The maximum atomic E-state index is 10.8. The molecule has 7 heteroatoms. The number of aliphatic carboxylic acids is 1. The minimum absolute atomic E-state index is 0.00339. The summed E-state index contributed by atoms with van der Waals surface area (Å²) < 4.78 is 4.47. The zero-order chi connectivity index (χ0) is 11.8. The van der Waals surface area contributed by atoms with Crippen LogP contribution >= 0.6 is 0 Å². The molecule has 0 saturated heterocycles. The van der Waals surface area contributed by atoms with Crippen molar-refractivity contribution >= 4 is 12.1 Å². The molecule has 0 aliphatic rings. The number of hydrogen-bond donors (Lipinski definition) is 4. The van der Waals surface area contributed by atoms with Crippen LogP contribution in [0.1, 0.15) is 0 Å². The molecular weight excluding hydrogens is 206 g/mol. The molecule has 0 rings (SSSR count). The summed E-state index contributed by atoms with van der Waals surface area (Å²) in [6.45, 7) is 2.90. The fourth-order valence-electron chi connectivity index (χ4n) is 0.650. The Morgan fingerprint density at radius 1 is 1.47 bits per heavy atom. The van der Waals surface area contributed by atoms with E-state index >= 15 is 0 Å². The molecule has 0 aromatic heterocycles. The molecule has 0 radical (unpaired) electrons. The minimum atomic E-state index is -1.94. The van der Waals surface area contributed by atoms with Gasteiger partial charge in [0, 0.05) is 6.54 Å². The lowest BCUT2D eigenvalue weighted by Crippen LogP contribution is -2.42. The first kappa shape index (κ1) is 13.4. The van der Waals surface area contributed by atoms with Gasteiger partial charge in [-0.3, -0.25) is 0 Å². The highest BCUT2D eigenvalue weighted by Gasteiger charge is 2.23. The van der Waals surface area contributed by atoms with E-state index in [0.717, 1.165) is 0 Å². The molecule has 0 unspecified atom stereocenters. The van der Waals surface area contributed by atoms with E-state index in [9.17, 15) is 9.59 Å². The van der Waals surface area contributed by atoms with Crippen molar-refractivity contribution in [2.75, 3.05) is 13.2 Å². The highest BCUT2D eigenvalue weighted by molar-refractivity contribution is 5.73. The first-order chi connectivity index (χ1) is 6.99. The molecule has 7 nitrogen and oxygen atoms in total. The highest BCUT2D eigenvalue weighted by atomic mass is 16.5. The van der Waals surface area contributed by atoms with Gasteiger partial charge in [0.25, 0.3) is 0 Å². The third kappa shape index (κ3) is 5.66. The average molecular weight is 219 g/mol. The fourth-order valence-corrected chi connectivity index (χ4v) is 0.650. The van der Waals surface area contributed by atoms with E-state index in [1.165, 1.54) is 6.08 Å². The second-order valence-electron chi connectivity index (χ2n) is 2.62. The van der Waals surface area contributed by atoms with Crippen LogP contribution in [0.3, 0.4) is 0 Å². The van der Waals surface area contributed by atoms with Crippen LogP contribution in [0.2, 0.25) is 0 Å². The Hall–Kier alpha value is -1.60. The summed E-state index contributed by atoms with van der Waals surface area (Å²) in [6, 6.07) is 0. The number of ether oxygens (including phenoxy) is 1. The van der Waals surface area contributed by atoms with Crippen LogP contribution in [0, 0.1) is 0 Å². The maximum Gasteiger partial charge on any atom is 0.407 e. The summed E-state index contributed by atoms with van der Waals surface area (Å²) in [5.74, 6) is -1.57. The Bertz CT molecular complexity index is 241. The minimum Gasteiger partial charge on any atom is -0.479 e. The quantitative estimate of drug-likeness (QED) is 0.413. The third-order valence-electron chi connectivity index (χ3n) is 1.41. The van der Waals surface area contributed by atoms with Gasteiger partial charge in [-0.25, -0.2) is 9.59 Å². The predicted molar refractivity (Wildman–Crippen MR) is 49.2 cm³/mol. The number of carboxylic acid groups (broad SMARTS) is 1. The number of amides is 1. The third-order valence-corrected chi connectivity index (χ3v) is 1.41. The van der Waals surface area contributed by atoms with Crippen molar-refractivity contribution in [2.45, 2.75) is 12.2 Å². The van der Waals surface area contributed by atoms with Gasteiger partial charge < -0.3 is 25.4 Å². The van der Waals surface area contributed by atoms with Gasteiger partial charge in [-0.2, -0.15) is 0 Å². The van der Waals surface area contributed by atoms with Crippen LogP contribution in [0.4, 0.5) is 4.79 Å². The second kappa shape index (κ2) is 6.80. The van der Waals surface area contributed by atoms with Crippen molar-refractivity contribution in [1.82, 2.24) is 5.32 Å². The van der Waals surface area contributed by atoms with Gasteiger partial charge in [0.2, 0.25) is 0 Å². The highest BCUT2D eigenvalue weighted by Crippen LogP contribution is 1.92.